The van der Waals surface area contributed by atoms with Gasteiger partial charge in [0.05, 0.1) is 6.33 Å². The fourth-order valence-corrected chi connectivity index (χ4v) is 1.81. The van der Waals surface area contributed by atoms with E-state index in [0.29, 0.717) is 13.0 Å². The molecule has 1 heterocycles. The number of carbonyl (C=O) groups excluding carboxylic acids is 1. The standard InChI is InChI=1S/C14H18N4O/c1-10(6-13-8-16-9-17-13)14(19)18-12-4-2-11(7-15)3-5-12/h2-5,8-10H,6-7,15H2,1H3,(H,16,17)(H,18,19). The molecular formula is C14H18N4O. The largest absolute Gasteiger partial charge is 0.348 e. The quantitative estimate of drug-likeness (QED) is 0.763. The van der Waals surface area contributed by atoms with Gasteiger partial charge in [0.15, 0.2) is 0 Å². The molecule has 2 rings (SSSR count). The molecule has 5 nitrogen and oxygen atoms in total. The van der Waals surface area contributed by atoms with Gasteiger partial charge in [0.2, 0.25) is 5.91 Å². The number of hydrogen-bond acceptors (Lipinski definition) is 3. The molecule has 0 radical (unpaired) electrons. The Morgan fingerprint density at radius 3 is 2.74 bits per heavy atom. The van der Waals surface area contributed by atoms with Gasteiger partial charge in [-0.1, -0.05) is 19.1 Å². The number of anilines is 1. The van der Waals surface area contributed by atoms with E-state index in [4.69, 9.17) is 5.73 Å². The summed E-state index contributed by atoms with van der Waals surface area (Å²) in [5, 5.41) is 2.89. The molecule has 5 heteroatoms. The third-order valence-electron chi connectivity index (χ3n) is 2.99. The van der Waals surface area contributed by atoms with Crippen LogP contribution in [-0.2, 0) is 17.8 Å². The van der Waals surface area contributed by atoms with E-state index in [9.17, 15) is 4.79 Å². The second-order valence-corrected chi connectivity index (χ2v) is 4.57. The zero-order valence-electron chi connectivity index (χ0n) is 10.9. The number of nitrogens with two attached hydrogens (primary N) is 1. The molecule has 100 valence electrons. The zero-order valence-corrected chi connectivity index (χ0v) is 10.9. The number of hydrogen-bond donors (Lipinski definition) is 3. The van der Waals surface area contributed by atoms with Crippen molar-refractivity contribution in [1.82, 2.24) is 9.97 Å². The monoisotopic (exact) mass is 258 g/mol. The first kappa shape index (κ1) is 13.3. The summed E-state index contributed by atoms with van der Waals surface area (Å²) in [6, 6.07) is 7.55. The van der Waals surface area contributed by atoms with Gasteiger partial charge >= 0.3 is 0 Å². The molecule has 1 amide bonds. The van der Waals surface area contributed by atoms with Crippen LogP contribution in [0.3, 0.4) is 0 Å². The van der Waals surface area contributed by atoms with Crippen molar-refractivity contribution in [2.24, 2.45) is 11.7 Å². The summed E-state index contributed by atoms with van der Waals surface area (Å²) < 4.78 is 0. The number of nitrogens with one attached hydrogen (secondary N) is 2. The summed E-state index contributed by atoms with van der Waals surface area (Å²) in [5.41, 5.74) is 8.32. The van der Waals surface area contributed by atoms with E-state index in [2.05, 4.69) is 15.3 Å². The molecule has 1 aromatic heterocycles. The van der Waals surface area contributed by atoms with Crippen LogP contribution in [0.2, 0.25) is 0 Å². The third kappa shape index (κ3) is 3.66. The van der Waals surface area contributed by atoms with Gasteiger partial charge in [-0.25, -0.2) is 4.98 Å². The van der Waals surface area contributed by atoms with Crippen molar-refractivity contribution in [2.45, 2.75) is 19.9 Å². The van der Waals surface area contributed by atoms with Gasteiger partial charge in [0, 0.05) is 36.5 Å². The van der Waals surface area contributed by atoms with Gasteiger partial charge in [-0.05, 0) is 17.7 Å². The highest BCUT2D eigenvalue weighted by Gasteiger charge is 2.14. The number of imidazole rings is 1. The Labute approximate surface area is 112 Å². The molecule has 1 atom stereocenters. The Bertz CT molecular complexity index is 519. The van der Waals surface area contributed by atoms with Crippen molar-refractivity contribution < 1.29 is 4.79 Å². The summed E-state index contributed by atoms with van der Waals surface area (Å²) in [5.74, 6) is -0.121. The van der Waals surface area contributed by atoms with Crippen molar-refractivity contribution in [1.29, 1.82) is 0 Å². The van der Waals surface area contributed by atoms with Crippen LogP contribution in [0.5, 0.6) is 0 Å². The number of carbonyl (C=O) groups is 1. The van der Waals surface area contributed by atoms with Crippen molar-refractivity contribution in [3.8, 4) is 0 Å². The van der Waals surface area contributed by atoms with Gasteiger partial charge in [-0.15, -0.1) is 0 Å². The van der Waals surface area contributed by atoms with Gasteiger partial charge in [0.1, 0.15) is 0 Å². The number of aromatic amines is 1. The molecule has 1 unspecified atom stereocenters. The first-order valence-corrected chi connectivity index (χ1v) is 6.26. The number of H-pyrrole nitrogens is 1. The van der Waals surface area contributed by atoms with E-state index in [0.717, 1.165) is 16.9 Å². The van der Waals surface area contributed by atoms with E-state index in [-0.39, 0.29) is 11.8 Å². The van der Waals surface area contributed by atoms with Crippen molar-refractivity contribution in [3.05, 3.63) is 48.0 Å². The predicted octanol–water partition coefficient (Wildman–Crippen LogP) is 1.69. The Balaban J connectivity index is 1.92. The summed E-state index contributed by atoms with van der Waals surface area (Å²) in [6.45, 7) is 2.40. The van der Waals surface area contributed by atoms with Crippen LogP contribution in [-0.4, -0.2) is 15.9 Å². The minimum absolute atomic E-state index is 0.00454. The molecular weight excluding hydrogens is 240 g/mol. The Morgan fingerprint density at radius 2 is 2.16 bits per heavy atom. The summed E-state index contributed by atoms with van der Waals surface area (Å²) in [6.07, 6.45) is 4.00. The number of benzene rings is 1. The minimum Gasteiger partial charge on any atom is -0.348 e. The van der Waals surface area contributed by atoms with Gasteiger partial charge in [0.25, 0.3) is 0 Å². The maximum absolute atomic E-state index is 12.0. The Morgan fingerprint density at radius 1 is 1.42 bits per heavy atom. The lowest BCUT2D eigenvalue weighted by Crippen LogP contribution is -2.22. The molecule has 0 aliphatic rings. The second kappa shape index (κ2) is 6.15. The van der Waals surface area contributed by atoms with E-state index in [1.807, 2.05) is 31.2 Å². The molecule has 4 N–H and O–H groups in total. The summed E-state index contributed by atoms with van der Waals surface area (Å²) in [4.78, 5) is 19.0. The smallest absolute Gasteiger partial charge is 0.227 e. The van der Waals surface area contributed by atoms with E-state index < -0.39 is 0 Å². The topological polar surface area (TPSA) is 83.8 Å². The summed E-state index contributed by atoms with van der Waals surface area (Å²) in [7, 11) is 0. The number of nitrogens with zero attached hydrogens (tertiary/aromatic N) is 1. The van der Waals surface area contributed by atoms with Gasteiger partial charge in [-0.2, -0.15) is 0 Å². The maximum atomic E-state index is 12.0. The van der Waals surface area contributed by atoms with Crippen LogP contribution < -0.4 is 11.1 Å². The molecule has 0 aliphatic carbocycles. The van der Waals surface area contributed by atoms with E-state index in [1.165, 1.54) is 0 Å². The lowest BCUT2D eigenvalue weighted by atomic mass is 10.1. The summed E-state index contributed by atoms with van der Waals surface area (Å²) >= 11 is 0. The normalized spacial score (nSPS) is 12.1. The second-order valence-electron chi connectivity index (χ2n) is 4.57. The SMILES string of the molecule is CC(Cc1cnc[nH]1)C(=O)Nc1ccc(CN)cc1. The zero-order chi connectivity index (χ0) is 13.7. The predicted molar refractivity (Wildman–Crippen MR) is 74.4 cm³/mol. The Kier molecular flexibility index (Phi) is 4.30. The highest BCUT2D eigenvalue weighted by atomic mass is 16.1. The molecule has 1 aromatic carbocycles. The molecule has 0 saturated carbocycles. The van der Waals surface area contributed by atoms with Crippen LogP contribution in [0.4, 0.5) is 5.69 Å². The van der Waals surface area contributed by atoms with Crippen LogP contribution in [0, 0.1) is 5.92 Å². The van der Waals surface area contributed by atoms with Crippen molar-refractivity contribution >= 4 is 11.6 Å². The molecule has 2 aromatic rings. The average molecular weight is 258 g/mol. The van der Waals surface area contributed by atoms with Crippen molar-refractivity contribution in [2.75, 3.05) is 5.32 Å². The van der Waals surface area contributed by atoms with E-state index in [1.54, 1.807) is 12.5 Å². The van der Waals surface area contributed by atoms with Crippen molar-refractivity contribution in [3.63, 3.8) is 0 Å². The van der Waals surface area contributed by atoms with E-state index >= 15 is 0 Å². The fraction of sp³-hybridized carbons (Fsp3) is 0.286. The first-order chi connectivity index (χ1) is 9.19. The third-order valence-corrected chi connectivity index (χ3v) is 2.99. The molecule has 19 heavy (non-hydrogen) atoms. The number of aromatic nitrogens is 2. The highest BCUT2D eigenvalue weighted by Crippen LogP contribution is 2.12. The van der Waals surface area contributed by atoms with Gasteiger partial charge in [-0.3, -0.25) is 4.79 Å². The maximum Gasteiger partial charge on any atom is 0.227 e. The molecule has 0 spiro atoms. The van der Waals surface area contributed by atoms with Crippen LogP contribution in [0.1, 0.15) is 18.2 Å². The first-order valence-electron chi connectivity index (χ1n) is 6.26. The molecule has 0 bridgehead atoms. The minimum atomic E-state index is -0.116. The molecule has 0 fully saturated rings. The molecule has 0 saturated heterocycles. The average Bonchev–Trinajstić information content (AvgIpc) is 2.92. The lowest BCUT2D eigenvalue weighted by molar-refractivity contribution is -0.119. The van der Waals surface area contributed by atoms with Crippen LogP contribution in [0.15, 0.2) is 36.8 Å². The number of amides is 1. The van der Waals surface area contributed by atoms with Crippen LogP contribution >= 0.6 is 0 Å². The molecule has 0 aliphatic heterocycles. The van der Waals surface area contributed by atoms with Gasteiger partial charge < -0.3 is 16.0 Å². The number of rotatable bonds is 5. The van der Waals surface area contributed by atoms with Crippen LogP contribution in [0.25, 0.3) is 0 Å². The highest BCUT2D eigenvalue weighted by molar-refractivity contribution is 5.92. The fourth-order valence-electron chi connectivity index (χ4n) is 1.81. The Hall–Kier alpha value is -2.14. The lowest BCUT2D eigenvalue weighted by Gasteiger charge is -2.11.